The third-order valence-electron chi connectivity index (χ3n) is 2.35. The van der Waals surface area contributed by atoms with Gasteiger partial charge in [-0.1, -0.05) is 13.8 Å². The van der Waals surface area contributed by atoms with Gasteiger partial charge in [-0.3, -0.25) is 19.4 Å². The summed E-state index contributed by atoms with van der Waals surface area (Å²) in [6.45, 7) is 5.84. The Balaban J connectivity index is 4.25. The van der Waals surface area contributed by atoms with Gasteiger partial charge >= 0.3 is 0 Å². The zero-order chi connectivity index (χ0) is 12.7. The predicted octanol–water partition coefficient (Wildman–Crippen LogP) is -1.18. The molecule has 0 aliphatic heterocycles. The van der Waals surface area contributed by atoms with Gasteiger partial charge in [-0.25, -0.2) is 0 Å². The molecule has 0 aliphatic carbocycles. The number of hydrogen-bond donors (Lipinski definition) is 2. The van der Waals surface area contributed by atoms with E-state index in [-0.39, 0.29) is 12.5 Å². The lowest BCUT2D eigenvalue weighted by Gasteiger charge is -2.24. The van der Waals surface area contributed by atoms with Crippen LogP contribution in [0.4, 0.5) is 0 Å². The third-order valence-corrected chi connectivity index (χ3v) is 2.35. The smallest absolute Gasteiger partial charge is 0.255 e. The fraction of sp³-hybridized carbons (Fsp3) is 0.800. The van der Waals surface area contributed by atoms with Gasteiger partial charge in [-0.2, -0.15) is 0 Å². The first kappa shape index (κ1) is 14.9. The number of carbonyl (C=O) groups is 2. The normalized spacial score (nSPS) is 12.9. The van der Waals surface area contributed by atoms with E-state index < -0.39 is 12.1 Å². The highest BCUT2D eigenvalue weighted by Gasteiger charge is 2.20. The summed E-state index contributed by atoms with van der Waals surface area (Å²) in [6, 6.07) is 0. The molecule has 0 fully saturated rings. The third kappa shape index (κ3) is 5.09. The summed E-state index contributed by atoms with van der Waals surface area (Å²) >= 11 is 0. The molecule has 0 bridgehead atoms. The molecule has 0 heterocycles. The Bertz CT molecular complexity index is 239. The number of carbonyl (C=O) groups excluding carboxylic acids is 2. The van der Waals surface area contributed by atoms with Crippen molar-refractivity contribution in [3.63, 3.8) is 0 Å². The van der Waals surface area contributed by atoms with Crippen molar-refractivity contribution in [1.29, 1.82) is 0 Å². The van der Waals surface area contributed by atoms with Gasteiger partial charge in [0.15, 0.2) is 6.17 Å². The Morgan fingerprint density at radius 2 is 1.75 bits per heavy atom. The maximum absolute atomic E-state index is 11.6. The summed E-state index contributed by atoms with van der Waals surface area (Å²) < 4.78 is 0. The van der Waals surface area contributed by atoms with Crippen LogP contribution in [0.1, 0.15) is 13.8 Å². The molecule has 0 spiro atoms. The molecule has 2 amide bonds. The molecule has 0 saturated heterocycles. The molecule has 6 nitrogen and oxygen atoms in total. The lowest BCUT2D eigenvalue weighted by atomic mass is 10.4. The molecule has 0 aliphatic rings. The Morgan fingerprint density at radius 3 is 2.06 bits per heavy atom. The van der Waals surface area contributed by atoms with Crippen LogP contribution in [0.5, 0.6) is 0 Å². The standard InChI is InChI=1S/C10H22N4O2/c1-5-14(6-2)7-8(15)12-10(9(11)16)13(3)4/h10H,5-7H2,1-4H3,(H2,11,16)(H,12,15). The number of nitrogens with two attached hydrogens (primary N) is 1. The van der Waals surface area contributed by atoms with E-state index in [1.807, 2.05) is 18.7 Å². The number of rotatable bonds is 7. The maximum Gasteiger partial charge on any atom is 0.255 e. The fourth-order valence-electron chi connectivity index (χ4n) is 1.30. The SMILES string of the molecule is CCN(CC)CC(=O)NC(C(N)=O)N(C)C. The molecule has 0 rings (SSSR count). The van der Waals surface area contributed by atoms with Gasteiger partial charge < -0.3 is 11.1 Å². The van der Waals surface area contributed by atoms with Gasteiger partial charge in [0, 0.05) is 0 Å². The molecule has 0 aromatic rings. The predicted molar refractivity (Wildman–Crippen MR) is 62.6 cm³/mol. The second kappa shape index (κ2) is 7.19. The first-order valence-electron chi connectivity index (χ1n) is 5.39. The molecule has 1 atom stereocenters. The van der Waals surface area contributed by atoms with Crippen molar-refractivity contribution in [2.45, 2.75) is 20.0 Å². The number of primary amides is 1. The van der Waals surface area contributed by atoms with E-state index in [0.29, 0.717) is 0 Å². The molecule has 0 radical (unpaired) electrons. The summed E-state index contributed by atoms with van der Waals surface area (Å²) in [7, 11) is 3.38. The Kier molecular flexibility index (Phi) is 6.67. The average Bonchev–Trinajstić information content (AvgIpc) is 2.21. The van der Waals surface area contributed by atoms with E-state index in [2.05, 4.69) is 5.32 Å². The first-order chi connectivity index (χ1) is 7.42. The molecule has 3 N–H and O–H groups in total. The summed E-state index contributed by atoms with van der Waals surface area (Å²) in [4.78, 5) is 26.2. The van der Waals surface area contributed by atoms with Crippen LogP contribution in [0.3, 0.4) is 0 Å². The van der Waals surface area contributed by atoms with Crippen LogP contribution in [0.2, 0.25) is 0 Å². The van der Waals surface area contributed by atoms with Crippen molar-refractivity contribution in [2.75, 3.05) is 33.7 Å². The Hall–Kier alpha value is -1.14. The maximum atomic E-state index is 11.6. The second-order valence-electron chi connectivity index (χ2n) is 3.80. The van der Waals surface area contributed by atoms with E-state index in [4.69, 9.17) is 5.73 Å². The van der Waals surface area contributed by atoms with Crippen molar-refractivity contribution in [3.05, 3.63) is 0 Å². The Morgan fingerprint density at radius 1 is 1.25 bits per heavy atom. The minimum Gasteiger partial charge on any atom is -0.367 e. The topological polar surface area (TPSA) is 78.7 Å². The van der Waals surface area contributed by atoms with Crippen LogP contribution in [-0.2, 0) is 9.59 Å². The molecule has 0 saturated carbocycles. The van der Waals surface area contributed by atoms with Crippen molar-refractivity contribution in [2.24, 2.45) is 5.73 Å². The summed E-state index contributed by atoms with van der Waals surface area (Å²) in [6.07, 6.45) is -0.747. The lowest BCUT2D eigenvalue weighted by molar-refractivity contribution is -0.131. The van der Waals surface area contributed by atoms with Crippen LogP contribution >= 0.6 is 0 Å². The highest BCUT2D eigenvalue weighted by molar-refractivity contribution is 5.86. The van der Waals surface area contributed by atoms with Gasteiger partial charge in [0.1, 0.15) is 0 Å². The van der Waals surface area contributed by atoms with Gasteiger partial charge in [0.2, 0.25) is 5.91 Å². The Labute approximate surface area is 96.8 Å². The van der Waals surface area contributed by atoms with E-state index in [0.717, 1.165) is 13.1 Å². The summed E-state index contributed by atoms with van der Waals surface area (Å²) in [5, 5.41) is 2.59. The average molecular weight is 230 g/mol. The minimum atomic E-state index is -0.747. The van der Waals surface area contributed by atoms with Crippen molar-refractivity contribution < 1.29 is 9.59 Å². The summed E-state index contributed by atoms with van der Waals surface area (Å²) in [5.74, 6) is -0.751. The van der Waals surface area contributed by atoms with E-state index >= 15 is 0 Å². The van der Waals surface area contributed by atoms with Crippen molar-refractivity contribution in [1.82, 2.24) is 15.1 Å². The number of nitrogens with one attached hydrogen (secondary N) is 1. The molecule has 0 aromatic carbocycles. The number of hydrogen-bond acceptors (Lipinski definition) is 4. The van der Waals surface area contributed by atoms with Gasteiger partial charge in [0.25, 0.3) is 5.91 Å². The van der Waals surface area contributed by atoms with E-state index in [1.54, 1.807) is 19.0 Å². The number of amides is 2. The summed E-state index contributed by atoms with van der Waals surface area (Å²) in [5.41, 5.74) is 5.17. The zero-order valence-electron chi connectivity index (χ0n) is 10.5. The second-order valence-corrected chi connectivity index (χ2v) is 3.80. The van der Waals surface area contributed by atoms with Gasteiger partial charge in [-0.15, -0.1) is 0 Å². The van der Waals surface area contributed by atoms with Crippen LogP contribution in [-0.4, -0.2) is 61.5 Å². The van der Waals surface area contributed by atoms with Gasteiger partial charge in [-0.05, 0) is 27.2 Å². The molecule has 94 valence electrons. The van der Waals surface area contributed by atoms with Crippen LogP contribution < -0.4 is 11.1 Å². The zero-order valence-corrected chi connectivity index (χ0v) is 10.5. The highest BCUT2D eigenvalue weighted by atomic mass is 16.2. The quantitative estimate of drug-likeness (QED) is 0.539. The first-order valence-corrected chi connectivity index (χ1v) is 5.39. The lowest BCUT2D eigenvalue weighted by Crippen LogP contribution is -2.54. The van der Waals surface area contributed by atoms with Crippen molar-refractivity contribution >= 4 is 11.8 Å². The fourth-order valence-corrected chi connectivity index (χ4v) is 1.30. The molecule has 16 heavy (non-hydrogen) atoms. The van der Waals surface area contributed by atoms with E-state index in [9.17, 15) is 9.59 Å². The molecule has 1 unspecified atom stereocenters. The van der Waals surface area contributed by atoms with Crippen LogP contribution in [0.25, 0.3) is 0 Å². The molecular weight excluding hydrogens is 208 g/mol. The molecular formula is C10H22N4O2. The van der Waals surface area contributed by atoms with Gasteiger partial charge in [0.05, 0.1) is 6.54 Å². The number of nitrogens with zero attached hydrogens (tertiary/aromatic N) is 2. The van der Waals surface area contributed by atoms with Crippen LogP contribution in [0, 0.1) is 0 Å². The minimum absolute atomic E-state index is 0.193. The largest absolute Gasteiger partial charge is 0.367 e. The van der Waals surface area contributed by atoms with Crippen LogP contribution in [0.15, 0.2) is 0 Å². The van der Waals surface area contributed by atoms with E-state index in [1.165, 1.54) is 0 Å². The highest BCUT2D eigenvalue weighted by Crippen LogP contribution is 1.90. The monoisotopic (exact) mass is 230 g/mol. The number of likely N-dealkylation sites (N-methyl/N-ethyl adjacent to an activating group) is 2. The molecule has 0 aromatic heterocycles. The molecule has 6 heteroatoms. The van der Waals surface area contributed by atoms with Crippen molar-refractivity contribution in [3.8, 4) is 0 Å².